The number of ether oxygens (including phenoxy) is 3. The average Bonchev–Trinajstić information content (AvgIpc) is 1.76. The molecule has 4 aromatic carbocycles. The fourth-order valence-electron chi connectivity index (χ4n) is 9.72. The van der Waals surface area contributed by atoms with Crippen molar-refractivity contribution >= 4 is 53.5 Å². The third-order valence-corrected chi connectivity index (χ3v) is 13.7. The van der Waals surface area contributed by atoms with Crippen molar-refractivity contribution in [3.63, 3.8) is 0 Å². The van der Waals surface area contributed by atoms with Gasteiger partial charge in [0.05, 0.1) is 36.4 Å². The van der Waals surface area contributed by atoms with Gasteiger partial charge < -0.3 is 66.2 Å². The van der Waals surface area contributed by atoms with Crippen LogP contribution in [0, 0.1) is 0 Å². The summed E-state index contributed by atoms with van der Waals surface area (Å²) in [7, 11) is 0. The summed E-state index contributed by atoms with van der Waals surface area (Å²) >= 11 is 0. The molecule has 1 aromatic heterocycles. The molecule has 0 spiro atoms. The van der Waals surface area contributed by atoms with Gasteiger partial charge in [0, 0.05) is 25.5 Å². The Balaban J connectivity index is 1.40. The molecule has 23 nitrogen and oxygen atoms in total. The van der Waals surface area contributed by atoms with E-state index >= 15 is 0 Å². The highest BCUT2D eigenvalue weighted by Crippen LogP contribution is 2.41. The lowest BCUT2D eigenvalue weighted by Crippen LogP contribution is -2.62. The summed E-state index contributed by atoms with van der Waals surface area (Å²) in [5.74, 6) is -7.76. The topological polar surface area (TPSA) is 324 Å². The molecule has 1 heterocycles. The zero-order valence-corrected chi connectivity index (χ0v) is 53.0. The number of amides is 7. The minimum atomic E-state index is -1.85. The minimum Gasteiger partial charge on any atom is -0.480 e. The number of hydrogen-bond donors (Lipinski definition) is 9. The number of carboxylic acid groups (broad SMARTS) is 1. The first-order chi connectivity index (χ1) is 41.6. The van der Waals surface area contributed by atoms with Crippen molar-refractivity contribution in [3.8, 4) is 0 Å². The van der Waals surface area contributed by atoms with Gasteiger partial charge in [0.1, 0.15) is 46.4 Å². The van der Waals surface area contributed by atoms with Gasteiger partial charge in [-0.05, 0) is 119 Å². The molecule has 0 aliphatic carbocycles. The van der Waals surface area contributed by atoms with Crippen molar-refractivity contribution in [2.75, 3.05) is 6.54 Å². The number of aliphatic carboxylic acids is 1. The summed E-state index contributed by atoms with van der Waals surface area (Å²) in [4.78, 5) is 129. The highest BCUT2D eigenvalue weighted by molar-refractivity contribution is 5.98. The van der Waals surface area contributed by atoms with Crippen molar-refractivity contribution in [1.82, 2.24) is 46.8 Å². The van der Waals surface area contributed by atoms with E-state index in [1.165, 1.54) is 27.7 Å². The van der Waals surface area contributed by atoms with E-state index in [-0.39, 0.29) is 19.3 Å². The first-order valence-electron chi connectivity index (χ1n) is 29.4. The van der Waals surface area contributed by atoms with Gasteiger partial charge in [-0.15, -0.1) is 0 Å². The molecule has 0 saturated heterocycles. The van der Waals surface area contributed by atoms with Gasteiger partial charge >= 0.3 is 18.0 Å². The van der Waals surface area contributed by atoms with Crippen LogP contribution in [0.15, 0.2) is 134 Å². The van der Waals surface area contributed by atoms with Crippen molar-refractivity contribution < 1.29 is 67.6 Å². The number of carboxylic acids is 1. The second-order valence-corrected chi connectivity index (χ2v) is 25.3. The number of nitrogens with one attached hydrogen (secondary N) is 7. The Morgan fingerprint density at radius 1 is 0.551 bits per heavy atom. The molecule has 5 aromatic rings. The molecule has 0 saturated carbocycles. The second kappa shape index (κ2) is 30.8. The fraction of sp³-hybridized carbons (Fsp3) is 0.455. The summed E-state index contributed by atoms with van der Waals surface area (Å²) < 4.78 is 19.1. The van der Waals surface area contributed by atoms with E-state index in [0.717, 1.165) is 16.7 Å². The highest BCUT2D eigenvalue weighted by Gasteiger charge is 2.41. The van der Waals surface area contributed by atoms with Gasteiger partial charge in [0.25, 0.3) is 0 Å². The number of carbonyl (C=O) groups is 9. The van der Waals surface area contributed by atoms with E-state index in [1.54, 1.807) is 105 Å². The van der Waals surface area contributed by atoms with Gasteiger partial charge in [-0.25, -0.2) is 14.6 Å². The van der Waals surface area contributed by atoms with E-state index in [2.05, 4.69) is 37.2 Å². The van der Waals surface area contributed by atoms with Crippen LogP contribution >= 0.6 is 0 Å². The molecular formula is C66H87N9O14. The number of carbonyl (C=O) groups excluding carboxylic acids is 8. The Labute approximate surface area is 520 Å². The zero-order valence-electron chi connectivity index (χ0n) is 53.0. The maximum atomic E-state index is 14.6. The molecule has 0 aliphatic heterocycles. The molecular weight excluding hydrogens is 1140 g/mol. The van der Waals surface area contributed by atoms with E-state index in [9.17, 15) is 53.4 Å². The number of aliphatic hydroxyl groups excluding tert-OH is 1. The summed E-state index contributed by atoms with van der Waals surface area (Å²) in [6.07, 6.45) is -1.18. The van der Waals surface area contributed by atoms with Crippen LogP contribution in [0.4, 0.5) is 4.79 Å². The van der Waals surface area contributed by atoms with Crippen LogP contribution in [0.2, 0.25) is 0 Å². The number of hydrogen-bond acceptors (Lipinski definition) is 14. The van der Waals surface area contributed by atoms with Gasteiger partial charge in [-0.3, -0.25) is 33.6 Å². The molecule has 0 unspecified atom stereocenters. The third-order valence-electron chi connectivity index (χ3n) is 13.7. The number of aromatic nitrogens is 2. The Hall–Kier alpha value is -8.96. The van der Waals surface area contributed by atoms with E-state index in [0.29, 0.717) is 11.3 Å². The van der Waals surface area contributed by atoms with Gasteiger partial charge in [0.15, 0.2) is 6.04 Å². The van der Waals surface area contributed by atoms with Gasteiger partial charge in [-0.2, -0.15) is 0 Å². The van der Waals surface area contributed by atoms with Crippen LogP contribution in [0.5, 0.6) is 0 Å². The Morgan fingerprint density at radius 3 is 1.54 bits per heavy atom. The molecule has 0 aliphatic rings. The largest absolute Gasteiger partial charge is 0.480 e. The van der Waals surface area contributed by atoms with E-state index < -0.39 is 137 Å². The Kier molecular flexibility index (Phi) is 24.5. The molecule has 480 valence electrons. The number of aliphatic hydroxyl groups is 1. The third kappa shape index (κ3) is 21.4. The number of alkyl carbamates (subject to hydrolysis) is 1. The Morgan fingerprint density at radius 2 is 1.06 bits per heavy atom. The minimum absolute atomic E-state index is 0.135. The summed E-state index contributed by atoms with van der Waals surface area (Å²) in [6.45, 7) is 19.6. The molecule has 7 atom stereocenters. The average molecular weight is 1230 g/mol. The van der Waals surface area contributed by atoms with Crippen LogP contribution in [0.25, 0.3) is 0 Å². The smallest absolute Gasteiger partial charge is 0.408 e. The molecule has 89 heavy (non-hydrogen) atoms. The predicted molar refractivity (Wildman–Crippen MR) is 331 cm³/mol. The van der Waals surface area contributed by atoms with Crippen LogP contribution in [0.3, 0.4) is 0 Å². The Bertz CT molecular complexity index is 3110. The number of esters is 1. The second-order valence-electron chi connectivity index (χ2n) is 25.3. The first kappa shape index (κ1) is 70.8. The number of nitrogens with zero attached hydrogens (tertiary/aromatic N) is 2. The first-order valence-corrected chi connectivity index (χ1v) is 29.4. The molecule has 7 amide bonds. The highest BCUT2D eigenvalue weighted by atomic mass is 16.6. The molecule has 9 N–H and O–H groups in total. The SMILES string of the molecule is C[C@@H](O)[C@H](NC(=O)[C@H](Cc1ccccc1)NC(=O)[C@@H](NC(=O)CNC(=O)[C@H](CCC(=O)OC(C)(C)C)NC(=O)C(C)(C)NC(=O)[C@H](Cc1cn(C(c2ccccc2)(c2ccccc2)c2ccccc2)cn1)NC(=O)OC(C)(C)C)[C@@H](C)OC(C)(C)C)C(=O)O. The monoisotopic (exact) mass is 1230 g/mol. The summed E-state index contributed by atoms with van der Waals surface area (Å²) in [5, 5.41) is 37.7. The van der Waals surface area contributed by atoms with Crippen LogP contribution in [0.1, 0.15) is 131 Å². The standard InChI is InChI=1S/C66H87N9O14/c1-41(76)53(59(83)84)73-56(80)49(36-43-26-18-14-19-27-43)69-58(82)54(42(2)87-62(3,4)5)72-51(77)38-67-55(79)48(34-35-52(78)88-63(6,7)8)70-60(85)65(12,13)74-57(81)50(71-61(86)89-64(9,10)11)37-47-39-75(40-68-47)66(44-28-20-15-21-29-44,45-30-22-16-23-31-45)46-32-24-17-25-33-46/h14-33,39-42,48-50,53-54,76H,34-38H2,1-13H3,(H,67,79)(H,69,82)(H,70,85)(H,71,86)(H,72,77)(H,73,80)(H,74,81)(H,83,84)/t41-,42-,48+,49+,50+,53+,54+/m1/s1. The van der Waals surface area contributed by atoms with Crippen molar-refractivity contribution in [2.24, 2.45) is 0 Å². The van der Waals surface area contributed by atoms with Crippen molar-refractivity contribution in [3.05, 3.63) is 162 Å². The van der Waals surface area contributed by atoms with E-state index in [1.807, 2.05) is 95.6 Å². The predicted octanol–water partition coefficient (Wildman–Crippen LogP) is 5.14. The number of rotatable bonds is 28. The van der Waals surface area contributed by atoms with Gasteiger partial charge in [0.2, 0.25) is 35.4 Å². The molecule has 0 bridgehead atoms. The lowest BCUT2D eigenvalue weighted by molar-refractivity contribution is -0.155. The number of benzene rings is 4. The number of imidazole rings is 1. The van der Waals surface area contributed by atoms with Gasteiger partial charge in [-0.1, -0.05) is 121 Å². The van der Waals surface area contributed by atoms with Crippen LogP contribution in [-0.2, 0) is 70.9 Å². The summed E-state index contributed by atoms with van der Waals surface area (Å²) in [5.41, 5.74) is -1.91. The molecule has 5 rings (SSSR count). The molecule has 0 radical (unpaired) electrons. The summed E-state index contributed by atoms with van der Waals surface area (Å²) in [6, 6.07) is 30.3. The lowest BCUT2D eigenvalue weighted by atomic mass is 9.77. The quantitative estimate of drug-likeness (QED) is 0.0231. The maximum absolute atomic E-state index is 14.6. The molecule has 23 heteroatoms. The normalized spacial score (nSPS) is 14.4. The fourth-order valence-corrected chi connectivity index (χ4v) is 9.72. The van der Waals surface area contributed by atoms with Crippen molar-refractivity contribution in [2.45, 2.75) is 186 Å². The lowest BCUT2D eigenvalue weighted by Gasteiger charge is -2.37. The van der Waals surface area contributed by atoms with Crippen molar-refractivity contribution in [1.29, 1.82) is 0 Å². The molecule has 0 fully saturated rings. The maximum Gasteiger partial charge on any atom is 0.408 e. The van der Waals surface area contributed by atoms with Crippen LogP contribution < -0.4 is 37.2 Å². The zero-order chi connectivity index (χ0) is 66.1. The van der Waals surface area contributed by atoms with E-state index in [4.69, 9.17) is 19.2 Å². The van der Waals surface area contributed by atoms with Crippen LogP contribution in [-0.4, -0.2) is 145 Å².